The maximum absolute atomic E-state index is 12.0. The van der Waals surface area contributed by atoms with Gasteiger partial charge in [-0.25, -0.2) is 0 Å². The van der Waals surface area contributed by atoms with E-state index in [-0.39, 0.29) is 12.1 Å². The van der Waals surface area contributed by atoms with Crippen molar-refractivity contribution >= 4 is 5.91 Å². The lowest BCUT2D eigenvalue weighted by atomic mass is 10.0. The van der Waals surface area contributed by atoms with Crippen LogP contribution >= 0.6 is 0 Å². The van der Waals surface area contributed by atoms with Gasteiger partial charge in [0.25, 0.3) is 0 Å². The zero-order valence-corrected chi connectivity index (χ0v) is 10.8. The summed E-state index contributed by atoms with van der Waals surface area (Å²) in [6.45, 7) is 3.62. The van der Waals surface area contributed by atoms with Crippen LogP contribution in [0.5, 0.6) is 0 Å². The van der Waals surface area contributed by atoms with Crippen molar-refractivity contribution in [1.29, 1.82) is 0 Å². The number of nitrogens with one attached hydrogen (secondary N) is 1. The fourth-order valence-electron chi connectivity index (χ4n) is 2.80. The number of rotatable bonds is 4. The monoisotopic (exact) mass is 244 g/mol. The van der Waals surface area contributed by atoms with Gasteiger partial charge >= 0.3 is 0 Å². The zero-order chi connectivity index (χ0) is 12.5. The summed E-state index contributed by atoms with van der Waals surface area (Å²) in [6, 6.07) is 10.2. The van der Waals surface area contributed by atoms with Crippen molar-refractivity contribution in [2.24, 2.45) is 11.8 Å². The minimum atomic E-state index is 0.0694. The molecule has 1 heterocycles. The van der Waals surface area contributed by atoms with Crippen molar-refractivity contribution in [2.45, 2.75) is 25.9 Å². The maximum atomic E-state index is 12.0. The van der Waals surface area contributed by atoms with Gasteiger partial charge in [0.05, 0.1) is 6.54 Å². The first kappa shape index (κ1) is 11.7. The Morgan fingerprint density at radius 2 is 2.06 bits per heavy atom. The van der Waals surface area contributed by atoms with E-state index in [9.17, 15) is 4.79 Å². The van der Waals surface area contributed by atoms with Gasteiger partial charge in [0.1, 0.15) is 6.17 Å². The Morgan fingerprint density at radius 1 is 1.33 bits per heavy atom. The van der Waals surface area contributed by atoms with Crippen molar-refractivity contribution in [3.63, 3.8) is 0 Å². The highest BCUT2D eigenvalue weighted by Gasteiger charge is 2.36. The maximum Gasteiger partial charge on any atom is 0.238 e. The van der Waals surface area contributed by atoms with Crippen molar-refractivity contribution in [1.82, 2.24) is 10.2 Å². The van der Waals surface area contributed by atoms with E-state index in [1.807, 2.05) is 23.1 Å². The normalized spacial score (nSPS) is 25.5. The molecule has 2 fully saturated rings. The molecule has 2 aliphatic rings. The number of carbonyl (C=O) groups excluding carboxylic acids is 1. The lowest BCUT2D eigenvalue weighted by Gasteiger charge is -2.27. The summed E-state index contributed by atoms with van der Waals surface area (Å²) in [5.41, 5.74) is 1.19. The number of nitrogens with zero attached hydrogens (tertiary/aromatic N) is 1. The summed E-state index contributed by atoms with van der Waals surface area (Å²) < 4.78 is 0. The Kier molecular flexibility index (Phi) is 3.08. The van der Waals surface area contributed by atoms with Crippen molar-refractivity contribution in [3.05, 3.63) is 35.9 Å². The molecular weight excluding hydrogens is 224 g/mol. The first-order valence-electron chi connectivity index (χ1n) is 6.83. The van der Waals surface area contributed by atoms with Crippen LogP contribution < -0.4 is 5.32 Å². The van der Waals surface area contributed by atoms with Crippen LogP contribution in [0.3, 0.4) is 0 Å². The molecule has 1 aromatic rings. The van der Waals surface area contributed by atoms with Gasteiger partial charge in [-0.15, -0.1) is 0 Å². The number of hydrogen-bond acceptors (Lipinski definition) is 2. The van der Waals surface area contributed by atoms with Gasteiger partial charge in [-0.3, -0.25) is 10.1 Å². The van der Waals surface area contributed by atoms with Crippen LogP contribution in [0.25, 0.3) is 0 Å². The molecule has 3 heteroatoms. The zero-order valence-electron chi connectivity index (χ0n) is 10.8. The Morgan fingerprint density at radius 3 is 2.72 bits per heavy atom. The molecule has 0 radical (unpaired) electrons. The second-order valence-corrected chi connectivity index (χ2v) is 5.55. The largest absolute Gasteiger partial charge is 0.322 e. The first-order chi connectivity index (χ1) is 8.75. The Labute approximate surface area is 108 Å². The molecule has 96 valence electrons. The molecule has 1 aliphatic carbocycles. The summed E-state index contributed by atoms with van der Waals surface area (Å²) in [5.74, 6) is 1.70. The fraction of sp³-hybridized carbons (Fsp3) is 0.533. The molecule has 1 saturated carbocycles. The van der Waals surface area contributed by atoms with Gasteiger partial charge in [-0.05, 0) is 30.2 Å². The molecule has 0 spiro atoms. The van der Waals surface area contributed by atoms with Gasteiger partial charge in [-0.1, -0.05) is 37.3 Å². The van der Waals surface area contributed by atoms with Gasteiger partial charge < -0.3 is 4.90 Å². The predicted molar refractivity (Wildman–Crippen MR) is 70.8 cm³/mol. The van der Waals surface area contributed by atoms with Crippen LogP contribution in [-0.4, -0.2) is 23.9 Å². The Hall–Kier alpha value is -1.35. The fourth-order valence-corrected chi connectivity index (χ4v) is 2.80. The quantitative estimate of drug-likeness (QED) is 0.880. The third-order valence-corrected chi connectivity index (χ3v) is 4.11. The van der Waals surface area contributed by atoms with E-state index < -0.39 is 0 Å². The molecule has 1 aliphatic heterocycles. The van der Waals surface area contributed by atoms with Gasteiger partial charge in [0.15, 0.2) is 0 Å². The summed E-state index contributed by atoms with van der Waals surface area (Å²) in [7, 11) is 0. The minimum Gasteiger partial charge on any atom is -0.322 e. The summed E-state index contributed by atoms with van der Waals surface area (Å²) in [5, 5.41) is 3.31. The van der Waals surface area contributed by atoms with E-state index in [0.29, 0.717) is 12.5 Å². The van der Waals surface area contributed by atoms with E-state index in [2.05, 4.69) is 24.4 Å². The Balaban J connectivity index is 1.74. The average Bonchev–Trinajstić information content (AvgIpc) is 3.18. The van der Waals surface area contributed by atoms with Crippen molar-refractivity contribution < 1.29 is 4.79 Å². The standard InChI is InChI=1S/C15H20N2O/c1-11(12-7-8-12)10-17-14(18)9-16-15(17)13-5-3-2-4-6-13/h2-6,11-12,15-16H,7-10H2,1H3. The van der Waals surface area contributed by atoms with Gasteiger partial charge in [-0.2, -0.15) is 0 Å². The second-order valence-electron chi connectivity index (χ2n) is 5.55. The molecule has 1 aromatic carbocycles. The first-order valence-corrected chi connectivity index (χ1v) is 6.83. The topological polar surface area (TPSA) is 32.3 Å². The van der Waals surface area contributed by atoms with E-state index in [1.165, 1.54) is 18.4 Å². The van der Waals surface area contributed by atoms with Crippen LogP contribution in [0.4, 0.5) is 0 Å². The van der Waals surface area contributed by atoms with Crippen molar-refractivity contribution in [2.75, 3.05) is 13.1 Å². The van der Waals surface area contributed by atoms with Crippen LogP contribution in [0, 0.1) is 11.8 Å². The van der Waals surface area contributed by atoms with Crippen LogP contribution in [0.15, 0.2) is 30.3 Å². The Bertz CT molecular complexity index is 427. The van der Waals surface area contributed by atoms with E-state index in [4.69, 9.17) is 0 Å². The molecule has 0 aromatic heterocycles. The second kappa shape index (κ2) is 4.73. The molecule has 18 heavy (non-hydrogen) atoms. The van der Waals surface area contributed by atoms with E-state index in [1.54, 1.807) is 0 Å². The highest BCUT2D eigenvalue weighted by molar-refractivity contribution is 5.81. The van der Waals surface area contributed by atoms with Crippen LogP contribution in [0.2, 0.25) is 0 Å². The van der Waals surface area contributed by atoms with E-state index >= 15 is 0 Å². The van der Waals surface area contributed by atoms with Crippen LogP contribution in [-0.2, 0) is 4.79 Å². The molecule has 3 nitrogen and oxygen atoms in total. The number of carbonyl (C=O) groups is 1. The average molecular weight is 244 g/mol. The third-order valence-electron chi connectivity index (χ3n) is 4.11. The molecule has 1 N–H and O–H groups in total. The highest BCUT2D eigenvalue weighted by atomic mass is 16.2. The third kappa shape index (κ3) is 2.27. The van der Waals surface area contributed by atoms with Gasteiger partial charge in [0.2, 0.25) is 5.91 Å². The highest BCUT2D eigenvalue weighted by Crippen LogP contribution is 2.38. The molecule has 1 amide bonds. The molecule has 2 atom stereocenters. The number of amides is 1. The molecular formula is C15H20N2O. The molecule has 3 rings (SSSR count). The molecule has 2 unspecified atom stereocenters. The molecule has 1 saturated heterocycles. The smallest absolute Gasteiger partial charge is 0.238 e. The van der Waals surface area contributed by atoms with Gasteiger partial charge in [0, 0.05) is 6.54 Å². The summed E-state index contributed by atoms with van der Waals surface area (Å²) in [4.78, 5) is 14.0. The molecule has 0 bridgehead atoms. The summed E-state index contributed by atoms with van der Waals surface area (Å²) in [6.07, 6.45) is 2.75. The van der Waals surface area contributed by atoms with Crippen molar-refractivity contribution in [3.8, 4) is 0 Å². The lowest BCUT2D eigenvalue weighted by Crippen LogP contribution is -2.34. The lowest BCUT2D eigenvalue weighted by molar-refractivity contribution is -0.128. The number of benzene rings is 1. The SMILES string of the molecule is CC(CN1C(=O)CNC1c1ccccc1)C1CC1. The summed E-state index contributed by atoms with van der Waals surface area (Å²) >= 11 is 0. The predicted octanol–water partition coefficient (Wildman–Crippen LogP) is 2.16. The van der Waals surface area contributed by atoms with E-state index in [0.717, 1.165) is 12.5 Å². The minimum absolute atomic E-state index is 0.0694. The number of hydrogen-bond donors (Lipinski definition) is 1. The van der Waals surface area contributed by atoms with Crippen LogP contribution in [0.1, 0.15) is 31.5 Å².